The van der Waals surface area contributed by atoms with Gasteiger partial charge in [0.2, 0.25) is 4.98 Å². The third-order valence-corrected chi connectivity index (χ3v) is 10.8. The minimum atomic E-state index is -4.66. The molecule has 0 N–H and O–H groups in total. The van der Waals surface area contributed by atoms with Crippen molar-refractivity contribution in [3.05, 3.63) is 58.2 Å². The summed E-state index contributed by atoms with van der Waals surface area (Å²) in [5.41, 5.74) is -4.30. The number of benzene rings is 2. The molecular formula is C24H28BCl2F10P. The first kappa shape index (κ1) is 34.8. The minimum Gasteiger partial charge on any atom is -0.356 e. The van der Waals surface area contributed by atoms with E-state index in [9.17, 15) is 43.9 Å². The van der Waals surface area contributed by atoms with E-state index in [2.05, 4.69) is 62.3 Å². The van der Waals surface area contributed by atoms with Crippen LogP contribution in [0.5, 0.6) is 0 Å². The molecule has 14 heteroatoms. The van der Waals surface area contributed by atoms with E-state index in [1.54, 1.807) is 0 Å². The van der Waals surface area contributed by atoms with Gasteiger partial charge in [-0.25, -0.2) is 43.9 Å². The molecule has 0 saturated carbocycles. The lowest BCUT2D eigenvalue weighted by Crippen LogP contribution is -2.56. The largest absolute Gasteiger partial charge is 0.356 e. The number of rotatable bonds is 2. The second-order valence-corrected chi connectivity index (χ2v) is 18.5. The van der Waals surface area contributed by atoms with Gasteiger partial charge in [-0.05, 0) is 62.3 Å². The second kappa shape index (κ2) is 11.4. The van der Waals surface area contributed by atoms with Crippen LogP contribution in [0.15, 0.2) is 0 Å². The summed E-state index contributed by atoms with van der Waals surface area (Å²) in [7, 11) is -0.391. The lowest BCUT2D eigenvalue weighted by molar-refractivity contribution is 0.382. The van der Waals surface area contributed by atoms with E-state index in [0.29, 0.717) is 15.5 Å². The van der Waals surface area contributed by atoms with Crippen LogP contribution >= 0.6 is 30.8 Å². The van der Waals surface area contributed by atoms with Crippen LogP contribution in [-0.4, -0.2) is 20.4 Å². The second-order valence-electron chi connectivity index (χ2n) is 11.8. The average Bonchev–Trinajstić information content (AvgIpc) is 2.70. The van der Waals surface area contributed by atoms with Gasteiger partial charge in [-0.2, -0.15) is 0 Å². The van der Waals surface area contributed by atoms with Gasteiger partial charge in [-0.1, -0.05) is 10.9 Å². The molecule has 0 atom stereocenters. The summed E-state index contributed by atoms with van der Waals surface area (Å²) in [6.45, 7) is 21.6. The lowest BCUT2D eigenvalue weighted by Gasteiger charge is -2.42. The first-order valence-electron chi connectivity index (χ1n) is 11.2. The molecule has 0 fully saturated rings. The average molecular weight is 619 g/mol. The molecule has 2 rings (SSSR count). The Bertz CT molecular complexity index is 1050. The van der Waals surface area contributed by atoms with Gasteiger partial charge < -0.3 is 22.9 Å². The van der Waals surface area contributed by atoms with Crippen molar-refractivity contribution in [2.75, 3.05) is 0 Å². The van der Waals surface area contributed by atoms with E-state index < -0.39 is 82.0 Å². The molecule has 216 valence electrons. The van der Waals surface area contributed by atoms with Crippen molar-refractivity contribution < 1.29 is 43.9 Å². The summed E-state index contributed by atoms with van der Waals surface area (Å²) in [6, 6.07) is 0. The molecule has 0 saturated heterocycles. The van der Waals surface area contributed by atoms with Gasteiger partial charge in [-0.3, -0.25) is 0 Å². The maximum atomic E-state index is 13.7. The van der Waals surface area contributed by atoms with Crippen molar-refractivity contribution in [2.45, 2.75) is 77.8 Å². The van der Waals surface area contributed by atoms with Gasteiger partial charge in [0, 0.05) is 7.92 Å². The Kier molecular flexibility index (Phi) is 10.4. The van der Waals surface area contributed by atoms with Gasteiger partial charge in [-0.15, -0.1) is 0 Å². The van der Waals surface area contributed by atoms with Crippen LogP contribution in [0.4, 0.5) is 43.9 Å². The van der Waals surface area contributed by atoms with E-state index in [1.807, 2.05) is 0 Å². The molecule has 0 aliphatic carbocycles. The molecule has 2 aromatic carbocycles. The molecule has 0 aromatic heterocycles. The molecule has 0 aliphatic rings. The molecule has 0 nitrogen and oxygen atoms in total. The van der Waals surface area contributed by atoms with Crippen LogP contribution < -0.4 is 10.9 Å². The first-order chi connectivity index (χ1) is 16.7. The predicted octanol–water partition coefficient (Wildman–Crippen LogP) is 8.71. The summed E-state index contributed by atoms with van der Waals surface area (Å²) in [6.07, 6.45) is 0. The zero-order valence-corrected chi connectivity index (χ0v) is 24.6. The standard InChI is InChI=1S/C12BCl2F10.C12H27P/c14-13(15,1-3(16)7(20)11(24)8(21)4(1)17)2-5(18)9(22)12(25)10(23)6(2)19;1-10(2,3)13(11(4,5)6)12(7,8)9/h;1-9H3/q-1;/p+1. The summed E-state index contributed by atoms with van der Waals surface area (Å²) in [4.78, 5) is -4.66. The fraction of sp³-hybridized carbons (Fsp3) is 0.500. The van der Waals surface area contributed by atoms with Crippen LogP contribution in [0, 0.1) is 58.2 Å². The van der Waals surface area contributed by atoms with Crippen LogP contribution in [0.25, 0.3) is 0 Å². The smallest absolute Gasteiger partial charge is 0.228 e. The molecule has 0 radical (unpaired) electrons. The Balaban J connectivity index is 0.000000471. The zero-order chi connectivity index (χ0) is 30.5. The molecule has 0 unspecified atom stereocenters. The van der Waals surface area contributed by atoms with Gasteiger partial charge in [0.15, 0.2) is 34.9 Å². The summed E-state index contributed by atoms with van der Waals surface area (Å²) >= 11 is 10.7. The Morgan fingerprint density at radius 1 is 0.395 bits per heavy atom. The Morgan fingerprint density at radius 2 is 0.553 bits per heavy atom. The van der Waals surface area contributed by atoms with Crippen LogP contribution in [-0.2, 0) is 0 Å². The van der Waals surface area contributed by atoms with Crippen molar-refractivity contribution in [2.24, 2.45) is 0 Å². The number of hydrogen-bond acceptors (Lipinski definition) is 0. The van der Waals surface area contributed by atoms with Crippen LogP contribution in [0.3, 0.4) is 0 Å². The van der Waals surface area contributed by atoms with Crippen molar-refractivity contribution >= 4 is 46.7 Å². The third-order valence-electron chi connectivity index (χ3n) is 5.46. The maximum Gasteiger partial charge on any atom is 0.228 e. The molecule has 38 heavy (non-hydrogen) atoms. The Labute approximate surface area is 226 Å². The van der Waals surface area contributed by atoms with E-state index in [0.717, 1.165) is 0 Å². The van der Waals surface area contributed by atoms with Gasteiger partial charge in [0.1, 0.15) is 23.3 Å². The predicted molar refractivity (Wildman–Crippen MR) is 137 cm³/mol. The summed E-state index contributed by atoms with van der Waals surface area (Å²) in [5, 5.41) is 1.46. The Morgan fingerprint density at radius 3 is 0.684 bits per heavy atom. The highest BCUT2D eigenvalue weighted by Gasteiger charge is 2.49. The number of halogens is 12. The highest BCUT2D eigenvalue weighted by molar-refractivity contribution is 7.62. The van der Waals surface area contributed by atoms with Crippen molar-refractivity contribution in [3.8, 4) is 0 Å². The molecule has 0 bridgehead atoms. The monoisotopic (exact) mass is 618 g/mol. The van der Waals surface area contributed by atoms with Gasteiger partial charge >= 0.3 is 0 Å². The highest BCUT2D eigenvalue weighted by Crippen LogP contribution is 2.66. The van der Waals surface area contributed by atoms with E-state index >= 15 is 0 Å². The molecule has 0 amide bonds. The first-order valence-corrected chi connectivity index (χ1v) is 13.5. The maximum absolute atomic E-state index is 13.7. The van der Waals surface area contributed by atoms with Crippen LogP contribution in [0.2, 0.25) is 0 Å². The highest BCUT2D eigenvalue weighted by atomic mass is 35.5. The fourth-order valence-electron chi connectivity index (χ4n) is 5.40. The SMILES string of the molecule is CC(C)(C)[PH+](C(C)(C)C)C(C)(C)C.Fc1c(F)c(F)c([B-](Cl)(Cl)c2c(F)c(F)c(F)c(F)c2F)c(F)c1F. The van der Waals surface area contributed by atoms with E-state index in [-0.39, 0.29) is 0 Å². The quantitative estimate of drug-likeness (QED) is 0.104. The molecule has 0 heterocycles. The molecule has 0 aliphatic heterocycles. The van der Waals surface area contributed by atoms with Crippen molar-refractivity contribution in [1.29, 1.82) is 0 Å². The Hall–Kier alpha value is -1.19. The topological polar surface area (TPSA) is 0 Å². The van der Waals surface area contributed by atoms with Gasteiger partial charge in [0.05, 0.1) is 15.5 Å². The molecule has 0 spiro atoms. The van der Waals surface area contributed by atoms with E-state index in [4.69, 9.17) is 22.9 Å². The van der Waals surface area contributed by atoms with Crippen LogP contribution in [0.1, 0.15) is 62.3 Å². The summed E-state index contributed by atoms with van der Waals surface area (Å²) < 4.78 is 134. The normalized spacial score (nSPS) is 13.1. The third kappa shape index (κ3) is 6.75. The fourth-order valence-corrected chi connectivity index (χ4v) is 12.9. The summed E-state index contributed by atoms with van der Waals surface area (Å²) in [5.74, 6) is -26.4. The van der Waals surface area contributed by atoms with Gasteiger partial charge in [0.25, 0.3) is 0 Å². The zero-order valence-electron chi connectivity index (χ0n) is 22.1. The lowest BCUT2D eigenvalue weighted by atomic mass is 9.59. The number of hydrogen-bond donors (Lipinski definition) is 0. The minimum absolute atomic E-state index is 0.391. The van der Waals surface area contributed by atoms with E-state index in [1.165, 1.54) is 0 Å². The van der Waals surface area contributed by atoms with Crippen molar-refractivity contribution in [1.82, 2.24) is 0 Å². The molecule has 2 aromatic rings. The van der Waals surface area contributed by atoms with Crippen molar-refractivity contribution in [3.63, 3.8) is 0 Å². The molecular weight excluding hydrogens is 591 g/mol.